The molecule has 0 amide bonds. The summed E-state index contributed by atoms with van der Waals surface area (Å²) < 4.78 is 10.8. The predicted octanol–water partition coefficient (Wildman–Crippen LogP) is 5.18. The van der Waals surface area contributed by atoms with Gasteiger partial charge in [0, 0.05) is 19.3 Å². The minimum absolute atomic E-state index is 0.686. The van der Waals surface area contributed by atoms with Gasteiger partial charge in [0.2, 0.25) is 0 Å². The number of unbranched alkanes of at least 4 members (excludes halogenated alkanes) is 1. The Bertz CT molecular complexity index is 760. The zero-order valence-corrected chi connectivity index (χ0v) is 17.8. The Morgan fingerprint density at radius 3 is 2.30 bits per heavy atom. The Kier molecular flexibility index (Phi) is 7.92. The lowest BCUT2D eigenvalue weighted by atomic mass is 10.1. The van der Waals surface area contributed by atoms with Crippen molar-refractivity contribution in [3.8, 4) is 11.5 Å². The first-order chi connectivity index (χ1) is 13.0. The number of aryl methyl sites for hydroxylation is 2. The Labute approximate surface area is 168 Å². The van der Waals surface area contributed by atoms with Crippen molar-refractivity contribution in [1.29, 1.82) is 0 Å². The number of thiocarbonyl (C=S) groups is 1. The number of benzene rings is 2. The summed E-state index contributed by atoms with van der Waals surface area (Å²) in [5.41, 5.74) is 4.66. The van der Waals surface area contributed by atoms with Crippen LogP contribution in [0.5, 0.6) is 11.5 Å². The topological polar surface area (TPSA) is 33.7 Å². The van der Waals surface area contributed by atoms with E-state index in [9.17, 15) is 0 Å². The molecule has 0 saturated carbocycles. The molecule has 5 heteroatoms. The van der Waals surface area contributed by atoms with Crippen molar-refractivity contribution in [1.82, 2.24) is 4.90 Å². The van der Waals surface area contributed by atoms with Crippen molar-refractivity contribution in [2.45, 2.75) is 39.7 Å². The van der Waals surface area contributed by atoms with E-state index in [1.54, 1.807) is 14.2 Å². The van der Waals surface area contributed by atoms with Crippen LogP contribution in [0.2, 0.25) is 0 Å². The lowest BCUT2D eigenvalue weighted by molar-refractivity contribution is 0.353. The summed E-state index contributed by atoms with van der Waals surface area (Å²) in [5, 5.41) is 4.00. The molecular formula is C22H30N2O2S. The molecule has 0 fully saturated rings. The van der Waals surface area contributed by atoms with Crippen LogP contribution in [0.4, 0.5) is 5.69 Å². The van der Waals surface area contributed by atoms with Gasteiger partial charge in [-0.2, -0.15) is 0 Å². The second kappa shape index (κ2) is 10.2. The van der Waals surface area contributed by atoms with E-state index in [1.807, 2.05) is 24.1 Å². The number of nitrogens with one attached hydrogen (secondary N) is 1. The van der Waals surface area contributed by atoms with Gasteiger partial charge < -0.3 is 19.7 Å². The number of nitrogens with zero attached hydrogens (tertiary/aromatic N) is 1. The van der Waals surface area contributed by atoms with Gasteiger partial charge in [-0.1, -0.05) is 25.5 Å². The van der Waals surface area contributed by atoms with Crippen LogP contribution in [0.15, 0.2) is 36.4 Å². The maximum atomic E-state index is 5.57. The third-order valence-electron chi connectivity index (χ3n) is 4.62. The zero-order valence-electron chi connectivity index (χ0n) is 17.0. The molecule has 27 heavy (non-hydrogen) atoms. The number of rotatable bonds is 8. The van der Waals surface area contributed by atoms with E-state index in [1.165, 1.54) is 18.4 Å². The van der Waals surface area contributed by atoms with Crippen LogP contribution in [0.25, 0.3) is 0 Å². The van der Waals surface area contributed by atoms with Gasteiger partial charge in [-0.25, -0.2) is 0 Å². The van der Waals surface area contributed by atoms with Gasteiger partial charge in [-0.15, -0.1) is 0 Å². The summed E-state index contributed by atoms with van der Waals surface area (Å²) in [5.74, 6) is 1.47. The lowest BCUT2D eigenvalue weighted by Crippen LogP contribution is -2.30. The summed E-state index contributed by atoms with van der Waals surface area (Å²) in [6.45, 7) is 4.97. The van der Waals surface area contributed by atoms with Crippen molar-refractivity contribution in [2.24, 2.45) is 0 Å². The highest BCUT2D eigenvalue weighted by atomic mass is 32.1. The Morgan fingerprint density at radius 1 is 1.07 bits per heavy atom. The molecule has 0 atom stereocenters. The molecule has 0 saturated heterocycles. The molecule has 0 heterocycles. The highest BCUT2D eigenvalue weighted by Gasteiger charge is 2.12. The SMILES string of the molecule is CCCCc1ccc(NC(=S)N(C)Cc2cc(OC)c(OC)cc2C)cc1. The van der Waals surface area contributed by atoms with Gasteiger partial charge in [0.05, 0.1) is 14.2 Å². The summed E-state index contributed by atoms with van der Waals surface area (Å²) in [7, 11) is 5.29. The molecule has 146 valence electrons. The molecule has 0 spiro atoms. The van der Waals surface area contributed by atoms with E-state index in [0.717, 1.165) is 34.7 Å². The van der Waals surface area contributed by atoms with Crippen LogP contribution < -0.4 is 14.8 Å². The highest BCUT2D eigenvalue weighted by molar-refractivity contribution is 7.80. The molecule has 0 aromatic heterocycles. The van der Waals surface area contributed by atoms with Crippen LogP contribution in [0.1, 0.15) is 36.5 Å². The van der Waals surface area contributed by atoms with Gasteiger partial charge in [-0.3, -0.25) is 0 Å². The molecule has 0 aliphatic rings. The number of anilines is 1. The second-order valence-corrected chi connectivity index (χ2v) is 7.11. The lowest BCUT2D eigenvalue weighted by Gasteiger charge is -2.23. The van der Waals surface area contributed by atoms with Crippen molar-refractivity contribution < 1.29 is 9.47 Å². The zero-order chi connectivity index (χ0) is 19.8. The molecule has 4 nitrogen and oxygen atoms in total. The Hall–Kier alpha value is -2.27. The molecule has 0 bridgehead atoms. The fraction of sp³-hybridized carbons (Fsp3) is 0.409. The van der Waals surface area contributed by atoms with E-state index >= 15 is 0 Å². The van der Waals surface area contributed by atoms with Gasteiger partial charge in [0.25, 0.3) is 0 Å². The molecular weight excluding hydrogens is 356 g/mol. The van der Waals surface area contributed by atoms with Crippen molar-refractivity contribution in [3.05, 3.63) is 53.1 Å². The predicted molar refractivity (Wildman–Crippen MR) is 117 cm³/mol. The monoisotopic (exact) mass is 386 g/mol. The highest BCUT2D eigenvalue weighted by Crippen LogP contribution is 2.30. The number of ether oxygens (including phenoxy) is 2. The molecule has 0 unspecified atom stereocenters. The van der Waals surface area contributed by atoms with Crippen LogP contribution in [0, 0.1) is 6.92 Å². The summed E-state index contributed by atoms with van der Waals surface area (Å²) in [6, 6.07) is 12.5. The minimum Gasteiger partial charge on any atom is -0.493 e. The van der Waals surface area contributed by atoms with E-state index in [-0.39, 0.29) is 0 Å². The smallest absolute Gasteiger partial charge is 0.173 e. The third kappa shape index (κ3) is 5.86. The van der Waals surface area contributed by atoms with E-state index in [4.69, 9.17) is 21.7 Å². The average Bonchev–Trinajstić information content (AvgIpc) is 2.68. The van der Waals surface area contributed by atoms with Crippen LogP contribution in [-0.4, -0.2) is 31.3 Å². The fourth-order valence-electron chi connectivity index (χ4n) is 2.87. The van der Waals surface area contributed by atoms with E-state index in [0.29, 0.717) is 11.7 Å². The Morgan fingerprint density at radius 2 is 1.70 bits per heavy atom. The molecule has 0 aliphatic heterocycles. The van der Waals surface area contributed by atoms with Crippen molar-refractivity contribution in [3.63, 3.8) is 0 Å². The minimum atomic E-state index is 0.686. The molecule has 2 rings (SSSR count). The van der Waals surface area contributed by atoms with Crippen LogP contribution in [-0.2, 0) is 13.0 Å². The van der Waals surface area contributed by atoms with Gasteiger partial charge in [-0.05, 0) is 72.9 Å². The first-order valence-corrected chi connectivity index (χ1v) is 9.71. The quantitative estimate of drug-likeness (QED) is 0.632. The largest absolute Gasteiger partial charge is 0.493 e. The average molecular weight is 387 g/mol. The van der Waals surface area contributed by atoms with E-state index < -0.39 is 0 Å². The Balaban J connectivity index is 2.01. The molecule has 1 N–H and O–H groups in total. The van der Waals surface area contributed by atoms with Crippen molar-refractivity contribution in [2.75, 3.05) is 26.6 Å². The van der Waals surface area contributed by atoms with Gasteiger partial charge >= 0.3 is 0 Å². The summed E-state index contributed by atoms with van der Waals surface area (Å²) in [4.78, 5) is 2.02. The molecule has 0 aliphatic carbocycles. The second-order valence-electron chi connectivity index (χ2n) is 6.72. The molecule has 2 aromatic carbocycles. The van der Waals surface area contributed by atoms with E-state index in [2.05, 4.69) is 43.4 Å². The number of hydrogen-bond donors (Lipinski definition) is 1. The summed E-state index contributed by atoms with van der Waals surface area (Å²) >= 11 is 5.57. The first kappa shape index (κ1) is 21.0. The summed E-state index contributed by atoms with van der Waals surface area (Å²) in [6.07, 6.45) is 3.56. The number of hydrogen-bond acceptors (Lipinski definition) is 3. The maximum absolute atomic E-state index is 5.57. The normalized spacial score (nSPS) is 10.4. The van der Waals surface area contributed by atoms with Crippen LogP contribution in [0.3, 0.4) is 0 Å². The van der Waals surface area contributed by atoms with Crippen LogP contribution >= 0.6 is 12.2 Å². The first-order valence-electron chi connectivity index (χ1n) is 9.31. The fourth-order valence-corrected chi connectivity index (χ4v) is 3.06. The number of methoxy groups -OCH3 is 2. The standard InChI is InChI=1S/C22H30N2O2S/c1-6-7-8-17-9-11-19(12-10-17)23-22(27)24(3)15-18-14-21(26-5)20(25-4)13-16(18)2/h9-14H,6-8,15H2,1-5H3,(H,23,27). The molecule has 2 aromatic rings. The molecule has 0 radical (unpaired) electrons. The van der Waals surface area contributed by atoms with Gasteiger partial charge in [0.1, 0.15) is 0 Å². The maximum Gasteiger partial charge on any atom is 0.173 e. The third-order valence-corrected chi connectivity index (χ3v) is 5.03. The van der Waals surface area contributed by atoms with Crippen molar-refractivity contribution >= 4 is 23.0 Å². The van der Waals surface area contributed by atoms with Gasteiger partial charge in [0.15, 0.2) is 16.6 Å².